The van der Waals surface area contributed by atoms with E-state index in [1.807, 2.05) is 0 Å². The number of rotatable bonds is 7. The summed E-state index contributed by atoms with van der Waals surface area (Å²) in [6.07, 6.45) is 2.20. The molecule has 1 aromatic carbocycles. The van der Waals surface area contributed by atoms with Crippen molar-refractivity contribution in [3.8, 4) is 0 Å². The van der Waals surface area contributed by atoms with Crippen molar-refractivity contribution in [1.29, 1.82) is 0 Å². The minimum atomic E-state index is 0.397. The zero-order chi connectivity index (χ0) is 12.7. The lowest BCUT2D eigenvalue weighted by Gasteiger charge is -2.15. The van der Waals surface area contributed by atoms with Crippen molar-refractivity contribution in [1.82, 2.24) is 5.48 Å². The zero-order valence-corrected chi connectivity index (χ0v) is 11.5. The Labute approximate surface area is 105 Å². The normalized spacial score (nSPS) is 13.0. The highest BCUT2D eigenvalue weighted by molar-refractivity contribution is 5.22. The molecule has 0 saturated carbocycles. The van der Waals surface area contributed by atoms with Gasteiger partial charge in [-0.05, 0) is 38.2 Å². The summed E-state index contributed by atoms with van der Waals surface area (Å²) in [5, 5.41) is 0. The summed E-state index contributed by atoms with van der Waals surface area (Å²) in [7, 11) is 0. The predicted molar refractivity (Wildman–Crippen MR) is 72.9 cm³/mol. The van der Waals surface area contributed by atoms with Crippen LogP contribution in [0.4, 0.5) is 0 Å². The number of aryl methyl sites for hydroxylation is 2. The fraction of sp³-hybridized carbons (Fsp3) is 0.600. The van der Waals surface area contributed by atoms with E-state index < -0.39 is 0 Å². The first-order chi connectivity index (χ1) is 8.08. The van der Waals surface area contributed by atoms with Crippen molar-refractivity contribution >= 4 is 0 Å². The Kier molecular flexibility index (Phi) is 6.23. The lowest BCUT2D eigenvalue weighted by atomic mass is 10.0. The van der Waals surface area contributed by atoms with Crippen LogP contribution in [0.2, 0.25) is 0 Å². The van der Waals surface area contributed by atoms with Crippen LogP contribution >= 0.6 is 0 Å². The van der Waals surface area contributed by atoms with Crippen LogP contribution in [0.25, 0.3) is 0 Å². The van der Waals surface area contributed by atoms with Crippen molar-refractivity contribution < 1.29 is 4.84 Å². The first kappa shape index (κ1) is 14.2. The molecule has 0 saturated heterocycles. The van der Waals surface area contributed by atoms with E-state index in [9.17, 15) is 0 Å². The molecule has 0 bridgehead atoms. The molecule has 0 aliphatic heterocycles. The van der Waals surface area contributed by atoms with E-state index in [1.54, 1.807) is 0 Å². The maximum Gasteiger partial charge on any atom is 0.0705 e. The SMILES string of the molecule is Cc1cccc(CCC(C)NOCC(C)C)c1. The fourth-order valence-corrected chi connectivity index (χ4v) is 1.67. The highest BCUT2D eigenvalue weighted by Crippen LogP contribution is 2.08. The van der Waals surface area contributed by atoms with Crippen LogP contribution in [0.3, 0.4) is 0 Å². The van der Waals surface area contributed by atoms with Crippen LogP contribution in [0.1, 0.15) is 38.3 Å². The third-order valence-electron chi connectivity index (χ3n) is 2.65. The maximum atomic E-state index is 5.42. The molecule has 0 spiro atoms. The fourth-order valence-electron chi connectivity index (χ4n) is 1.67. The van der Waals surface area contributed by atoms with Crippen molar-refractivity contribution in [2.75, 3.05) is 6.61 Å². The molecule has 2 heteroatoms. The summed E-state index contributed by atoms with van der Waals surface area (Å²) in [6.45, 7) is 9.38. The van der Waals surface area contributed by atoms with Gasteiger partial charge < -0.3 is 4.84 Å². The van der Waals surface area contributed by atoms with Gasteiger partial charge in [0, 0.05) is 6.04 Å². The van der Waals surface area contributed by atoms with Gasteiger partial charge in [0.05, 0.1) is 6.61 Å². The Hall–Kier alpha value is -0.860. The second-order valence-electron chi connectivity index (χ2n) is 5.25. The minimum absolute atomic E-state index is 0.397. The number of hydroxylamine groups is 1. The summed E-state index contributed by atoms with van der Waals surface area (Å²) in [5.74, 6) is 0.575. The molecule has 17 heavy (non-hydrogen) atoms. The van der Waals surface area contributed by atoms with E-state index in [0.717, 1.165) is 19.4 Å². The Morgan fingerprint density at radius 1 is 1.24 bits per heavy atom. The highest BCUT2D eigenvalue weighted by atomic mass is 16.6. The smallest absolute Gasteiger partial charge is 0.0705 e. The van der Waals surface area contributed by atoms with E-state index >= 15 is 0 Å². The molecular formula is C15H25NO. The second-order valence-corrected chi connectivity index (χ2v) is 5.25. The molecule has 1 aromatic rings. The van der Waals surface area contributed by atoms with Crippen LogP contribution in [-0.4, -0.2) is 12.6 Å². The molecule has 0 radical (unpaired) electrons. The molecular weight excluding hydrogens is 210 g/mol. The van der Waals surface area contributed by atoms with Crippen LogP contribution in [0.15, 0.2) is 24.3 Å². The van der Waals surface area contributed by atoms with Gasteiger partial charge in [0.15, 0.2) is 0 Å². The van der Waals surface area contributed by atoms with E-state index in [-0.39, 0.29) is 0 Å². The van der Waals surface area contributed by atoms with E-state index in [0.29, 0.717) is 12.0 Å². The summed E-state index contributed by atoms with van der Waals surface area (Å²) in [4.78, 5) is 5.42. The van der Waals surface area contributed by atoms with Crippen molar-refractivity contribution in [3.05, 3.63) is 35.4 Å². The molecule has 0 fully saturated rings. The molecule has 96 valence electrons. The molecule has 0 amide bonds. The number of nitrogens with one attached hydrogen (secondary N) is 1. The largest absolute Gasteiger partial charge is 0.301 e. The van der Waals surface area contributed by atoms with Crippen LogP contribution in [-0.2, 0) is 11.3 Å². The molecule has 0 aromatic heterocycles. The summed E-state index contributed by atoms with van der Waals surface area (Å²) >= 11 is 0. The molecule has 0 aliphatic rings. The zero-order valence-electron chi connectivity index (χ0n) is 11.5. The molecule has 1 N–H and O–H groups in total. The third-order valence-corrected chi connectivity index (χ3v) is 2.65. The van der Waals surface area contributed by atoms with Gasteiger partial charge in [-0.15, -0.1) is 0 Å². The van der Waals surface area contributed by atoms with E-state index in [1.165, 1.54) is 11.1 Å². The van der Waals surface area contributed by atoms with Gasteiger partial charge in [-0.25, -0.2) is 0 Å². The number of hydrogen-bond donors (Lipinski definition) is 1. The van der Waals surface area contributed by atoms with Gasteiger partial charge in [-0.1, -0.05) is 43.7 Å². The van der Waals surface area contributed by atoms with Gasteiger partial charge in [-0.2, -0.15) is 5.48 Å². The highest BCUT2D eigenvalue weighted by Gasteiger charge is 2.03. The van der Waals surface area contributed by atoms with Crippen LogP contribution in [0, 0.1) is 12.8 Å². The molecule has 0 heterocycles. The molecule has 0 aliphatic carbocycles. The van der Waals surface area contributed by atoms with Gasteiger partial charge in [0.2, 0.25) is 0 Å². The summed E-state index contributed by atoms with van der Waals surface area (Å²) in [6, 6.07) is 9.10. The number of benzene rings is 1. The first-order valence-electron chi connectivity index (χ1n) is 6.50. The van der Waals surface area contributed by atoms with Gasteiger partial charge in [0.1, 0.15) is 0 Å². The quantitative estimate of drug-likeness (QED) is 0.730. The van der Waals surface area contributed by atoms with Crippen LogP contribution in [0.5, 0.6) is 0 Å². The van der Waals surface area contributed by atoms with Gasteiger partial charge >= 0.3 is 0 Å². The maximum absolute atomic E-state index is 5.42. The third kappa shape index (κ3) is 6.44. The lowest BCUT2D eigenvalue weighted by molar-refractivity contribution is 0.00308. The molecule has 2 nitrogen and oxygen atoms in total. The minimum Gasteiger partial charge on any atom is -0.301 e. The lowest BCUT2D eigenvalue weighted by Crippen LogP contribution is -2.28. The van der Waals surface area contributed by atoms with E-state index in [4.69, 9.17) is 4.84 Å². The molecule has 1 rings (SSSR count). The summed E-state index contributed by atoms with van der Waals surface area (Å²) in [5.41, 5.74) is 5.84. The first-order valence-corrected chi connectivity index (χ1v) is 6.50. The Balaban J connectivity index is 2.21. The van der Waals surface area contributed by atoms with Crippen molar-refractivity contribution in [3.63, 3.8) is 0 Å². The Morgan fingerprint density at radius 2 is 2.00 bits per heavy atom. The van der Waals surface area contributed by atoms with Crippen molar-refractivity contribution in [2.45, 2.75) is 46.6 Å². The van der Waals surface area contributed by atoms with Crippen LogP contribution < -0.4 is 5.48 Å². The molecule has 1 unspecified atom stereocenters. The Bertz CT molecular complexity index is 322. The predicted octanol–water partition coefficient (Wildman–Crippen LogP) is 3.49. The second kappa shape index (κ2) is 7.46. The Morgan fingerprint density at radius 3 is 2.65 bits per heavy atom. The van der Waals surface area contributed by atoms with Gasteiger partial charge in [-0.3, -0.25) is 0 Å². The summed E-state index contributed by atoms with van der Waals surface area (Å²) < 4.78 is 0. The van der Waals surface area contributed by atoms with Gasteiger partial charge in [0.25, 0.3) is 0 Å². The molecule has 1 atom stereocenters. The average molecular weight is 235 g/mol. The topological polar surface area (TPSA) is 21.3 Å². The van der Waals surface area contributed by atoms with Crippen molar-refractivity contribution in [2.24, 2.45) is 5.92 Å². The average Bonchev–Trinajstić information content (AvgIpc) is 2.26. The van der Waals surface area contributed by atoms with E-state index in [2.05, 4.69) is 57.4 Å². The standard InChI is InChI=1S/C15H25NO/c1-12(2)11-17-16-14(4)8-9-15-7-5-6-13(3)10-15/h5-7,10,12,14,16H,8-9,11H2,1-4H3. The monoisotopic (exact) mass is 235 g/mol. The number of hydrogen-bond acceptors (Lipinski definition) is 2.